The van der Waals surface area contributed by atoms with Gasteiger partial charge in [0.25, 0.3) is 5.69 Å². The molecule has 0 saturated heterocycles. The lowest BCUT2D eigenvalue weighted by molar-refractivity contribution is -0.384. The van der Waals surface area contributed by atoms with Crippen molar-refractivity contribution in [3.05, 3.63) is 52.1 Å². The molecule has 1 aliphatic rings. The SMILES string of the molecule is CNS(=O)(=O)c1ccc(NCCc2ccc3c(c2)OCCO3)c([N+](=O)[O-])c1. The normalized spacial score (nSPS) is 13.2. The van der Waals surface area contributed by atoms with Crippen LogP contribution >= 0.6 is 0 Å². The Morgan fingerprint density at radius 3 is 2.56 bits per heavy atom. The second kappa shape index (κ2) is 7.80. The molecule has 9 nitrogen and oxygen atoms in total. The minimum atomic E-state index is -3.75. The van der Waals surface area contributed by atoms with Crippen LogP contribution in [-0.4, -0.2) is 40.1 Å². The van der Waals surface area contributed by atoms with Gasteiger partial charge in [-0.05, 0) is 43.3 Å². The summed E-state index contributed by atoms with van der Waals surface area (Å²) in [6.07, 6.45) is 0.602. The predicted octanol–water partition coefficient (Wildman–Crippen LogP) is 1.93. The van der Waals surface area contributed by atoms with Crippen molar-refractivity contribution in [1.29, 1.82) is 0 Å². The largest absolute Gasteiger partial charge is 0.486 e. The molecule has 27 heavy (non-hydrogen) atoms. The molecule has 0 unspecified atom stereocenters. The third-order valence-electron chi connectivity index (χ3n) is 4.08. The van der Waals surface area contributed by atoms with Gasteiger partial charge in [0, 0.05) is 12.6 Å². The number of fused-ring (bicyclic) bond motifs is 1. The van der Waals surface area contributed by atoms with E-state index in [-0.39, 0.29) is 16.3 Å². The average Bonchev–Trinajstić information content (AvgIpc) is 2.67. The third-order valence-corrected chi connectivity index (χ3v) is 5.49. The van der Waals surface area contributed by atoms with Crippen molar-refractivity contribution in [1.82, 2.24) is 4.72 Å². The van der Waals surface area contributed by atoms with Gasteiger partial charge in [0.05, 0.1) is 9.82 Å². The Morgan fingerprint density at radius 2 is 1.85 bits per heavy atom. The summed E-state index contributed by atoms with van der Waals surface area (Å²) in [4.78, 5) is 10.5. The molecule has 10 heteroatoms. The number of nitrogens with one attached hydrogen (secondary N) is 2. The molecule has 2 aromatic rings. The molecule has 0 spiro atoms. The Labute approximate surface area is 156 Å². The highest BCUT2D eigenvalue weighted by Crippen LogP contribution is 2.31. The molecule has 3 rings (SSSR count). The first-order valence-corrected chi connectivity index (χ1v) is 9.73. The van der Waals surface area contributed by atoms with Crippen molar-refractivity contribution >= 4 is 21.4 Å². The Hall–Kier alpha value is -2.85. The van der Waals surface area contributed by atoms with Crippen LogP contribution in [0.4, 0.5) is 11.4 Å². The van der Waals surface area contributed by atoms with Gasteiger partial charge in [-0.2, -0.15) is 0 Å². The second-order valence-corrected chi connectivity index (χ2v) is 7.68. The molecule has 0 aliphatic carbocycles. The molecular weight excluding hydrogens is 374 g/mol. The number of hydrogen-bond acceptors (Lipinski definition) is 7. The monoisotopic (exact) mass is 393 g/mol. The van der Waals surface area contributed by atoms with Gasteiger partial charge in [-0.15, -0.1) is 0 Å². The Balaban J connectivity index is 1.71. The summed E-state index contributed by atoms with van der Waals surface area (Å²) in [6, 6.07) is 9.39. The van der Waals surface area contributed by atoms with E-state index in [4.69, 9.17) is 9.47 Å². The van der Waals surface area contributed by atoms with Gasteiger partial charge >= 0.3 is 0 Å². The van der Waals surface area contributed by atoms with Gasteiger partial charge in [0.2, 0.25) is 10.0 Å². The number of nitro benzene ring substituents is 1. The van der Waals surface area contributed by atoms with E-state index < -0.39 is 14.9 Å². The van der Waals surface area contributed by atoms with E-state index in [9.17, 15) is 18.5 Å². The quantitative estimate of drug-likeness (QED) is 0.545. The summed E-state index contributed by atoms with van der Waals surface area (Å²) in [5.41, 5.74) is 0.949. The number of nitrogens with zero attached hydrogens (tertiary/aromatic N) is 1. The summed E-state index contributed by atoms with van der Waals surface area (Å²) < 4.78 is 36.8. The second-order valence-electron chi connectivity index (χ2n) is 5.80. The fourth-order valence-electron chi connectivity index (χ4n) is 2.68. The van der Waals surface area contributed by atoms with Crippen LogP contribution in [0.15, 0.2) is 41.3 Å². The molecule has 2 N–H and O–H groups in total. The highest BCUT2D eigenvalue weighted by atomic mass is 32.2. The van der Waals surface area contributed by atoms with E-state index in [1.807, 2.05) is 18.2 Å². The van der Waals surface area contributed by atoms with Gasteiger partial charge in [0.1, 0.15) is 18.9 Å². The molecule has 2 aromatic carbocycles. The fourth-order valence-corrected chi connectivity index (χ4v) is 3.43. The molecule has 0 amide bonds. The van der Waals surface area contributed by atoms with Crippen molar-refractivity contribution in [3.8, 4) is 11.5 Å². The lowest BCUT2D eigenvalue weighted by atomic mass is 10.1. The fraction of sp³-hybridized carbons (Fsp3) is 0.294. The van der Waals surface area contributed by atoms with Gasteiger partial charge in [-0.1, -0.05) is 6.07 Å². The number of hydrogen-bond donors (Lipinski definition) is 2. The number of benzene rings is 2. The summed E-state index contributed by atoms with van der Waals surface area (Å²) >= 11 is 0. The first-order valence-electron chi connectivity index (χ1n) is 8.25. The smallest absolute Gasteiger partial charge is 0.293 e. The van der Waals surface area contributed by atoms with Crippen LogP contribution in [0.5, 0.6) is 11.5 Å². The average molecular weight is 393 g/mol. The minimum Gasteiger partial charge on any atom is -0.486 e. The summed E-state index contributed by atoms with van der Waals surface area (Å²) in [5, 5.41) is 14.3. The zero-order chi connectivity index (χ0) is 19.4. The number of ether oxygens (including phenoxy) is 2. The van der Waals surface area contributed by atoms with E-state index in [0.29, 0.717) is 37.7 Å². The van der Waals surface area contributed by atoms with Crippen LogP contribution in [0.3, 0.4) is 0 Å². The first-order chi connectivity index (χ1) is 12.9. The van der Waals surface area contributed by atoms with Gasteiger partial charge < -0.3 is 14.8 Å². The molecule has 0 bridgehead atoms. The molecule has 0 radical (unpaired) electrons. The number of nitro groups is 1. The van der Waals surface area contributed by atoms with Crippen LogP contribution in [-0.2, 0) is 16.4 Å². The molecule has 1 heterocycles. The van der Waals surface area contributed by atoms with E-state index in [1.54, 1.807) is 0 Å². The summed E-state index contributed by atoms with van der Waals surface area (Å²) in [7, 11) is -2.50. The Bertz CT molecular complexity index is 961. The van der Waals surface area contributed by atoms with Crippen LogP contribution in [0.1, 0.15) is 5.56 Å². The van der Waals surface area contributed by atoms with Crippen LogP contribution in [0, 0.1) is 10.1 Å². The van der Waals surface area contributed by atoms with Crippen molar-refractivity contribution in [2.45, 2.75) is 11.3 Å². The molecular formula is C17H19N3O6S. The zero-order valence-electron chi connectivity index (χ0n) is 14.6. The highest BCUT2D eigenvalue weighted by molar-refractivity contribution is 7.89. The van der Waals surface area contributed by atoms with E-state index in [0.717, 1.165) is 11.6 Å². The van der Waals surface area contributed by atoms with Gasteiger partial charge in [-0.3, -0.25) is 10.1 Å². The highest BCUT2D eigenvalue weighted by Gasteiger charge is 2.20. The van der Waals surface area contributed by atoms with Crippen molar-refractivity contribution in [2.75, 3.05) is 32.1 Å². The maximum Gasteiger partial charge on any atom is 0.293 e. The van der Waals surface area contributed by atoms with Crippen molar-refractivity contribution in [3.63, 3.8) is 0 Å². The van der Waals surface area contributed by atoms with Crippen LogP contribution < -0.4 is 19.5 Å². The Morgan fingerprint density at radius 1 is 1.11 bits per heavy atom. The summed E-state index contributed by atoms with van der Waals surface area (Å²) in [6.45, 7) is 1.46. The maximum absolute atomic E-state index is 11.8. The number of rotatable bonds is 7. The van der Waals surface area contributed by atoms with E-state index in [1.165, 1.54) is 19.2 Å². The predicted molar refractivity (Wildman–Crippen MR) is 99.0 cm³/mol. The molecule has 0 aromatic heterocycles. The molecule has 0 atom stereocenters. The topological polar surface area (TPSA) is 120 Å². The lowest BCUT2D eigenvalue weighted by Gasteiger charge is -2.19. The molecule has 144 valence electrons. The molecule has 1 aliphatic heterocycles. The maximum atomic E-state index is 11.8. The summed E-state index contributed by atoms with van der Waals surface area (Å²) in [5.74, 6) is 1.39. The molecule has 0 fully saturated rings. The third kappa shape index (κ3) is 4.29. The van der Waals surface area contributed by atoms with Crippen LogP contribution in [0.25, 0.3) is 0 Å². The zero-order valence-corrected chi connectivity index (χ0v) is 15.4. The standard InChI is InChI=1S/C17H19N3O6S/c1-18-27(23,24)13-3-4-14(15(11-13)20(21)22)19-7-6-12-2-5-16-17(10-12)26-9-8-25-16/h2-5,10-11,18-19H,6-9H2,1H3. The van der Waals surface area contributed by atoms with Gasteiger partial charge in [-0.25, -0.2) is 13.1 Å². The van der Waals surface area contributed by atoms with Crippen LogP contribution in [0.2, 0.25) is 0 Å². The number of anilines is 1. The first kappa shape index (κ1) is 18.9. The van der Waals surface area contributed by atoms with Gasteiger partial charge in [0.15, 0.2) is 11.5 Å². The Kier molecular flexibility index (Phi) is 5.47. The van der Waals surface area contributed by atoms with Crippen molar-refractivity contribution < 1.29 is 22.8 Å². The van der Waals surface area contributed by atoms with E-state index in [2.05, 4.69) is 10.0 Å². The number of sulfonamides is 1. The van der Waals surface area contributed by atoms with Crippen molar-refractivity contribution in [2.24, 2.45) is 0 Å². The lowest BCUT2D eigenvalue weighted by Crippen LogP contribution is -2.19. The van der Waals surface area contributed by atoms with E-state index >= 15 is 0 Å². The minimum absolute atomic E-state index is 0.158. The molecule has 0 saturated carbocycles.